The van der Waals surface area contributed by atoms with Gasteiger partial charge in [-0.2, -0.15) is 4.98 Å². The van der Waals surface area contributed by atoms with Crippen LogP contribution in [0, 0.1) is 12.7 Å². The van der Waals surface area contributed by atoms with Crippen molar-refractivity contribution in [2.45, 2.75) is 13.3 Å². The molecule has 0 saturated carbocycles. The molecule has 8 nitrogen and oxygen atoms in total. The highest BCUT2D eigenvalue weighted by Gasteiger charge is 2.21. The number of halogens is 3. The van der Waals surface area contributed by atoms with E-state index < -0.39 is 17.9 Å². The number of rotatable bonds is 9. The van der Waals surface area contributed by atoms with E-state index in [1.807, 2.05) is 0 Å². The van der Waals surface area contributed by atoms with Gasteiger partial charge in [-0.15, -0.1) is 0 Å². The highest BCUT2D eigenvalue weighted by atomic mass is 19.3. The van der Waals surface area contributed by atoms with Crippen molar-refractivity contribution < 1.29 is 27.4 Å². The van der Waals surface area contributed by atoms with Gasteiger partial charge in [-0.25, -0.2) is 23.1 Å². The van der Waals surface area contributed by atoms with Crippen LogP contribution in [0.5, 0.6) is 11.8 Å². The predicted molar refractivity (Wildman–Crippen MR) is 125 cm³/mol. The third-order valence-electron chi connectivity index (χ3n) is 4.98. The van der Waals surface area contributed by atoms with Gasteiger partial charge in [-0.05, 0) is 61.0 Å². The first-order valence-corrected chi connectivity index (χ1v) is 10.7. The number of ether oxygens (including phenoxy) is 2. The maximum atomic E-state index is 13.6. The summed E-state index contributed by atoms with van der Waals surface area (Å²) in [7, 11) is 0. The van der Waals surface area contributed by atoms with Crippen molar-refractivity contribution in [3.05, 3.63) is 77.5 Å². The Morgan fingerprint density at radius 2 is 1.69 bits per heavy atom. The zero-order valence-corrected chi connectivity index (χ0v) is 19.0. The summed E-state index contributed by atoms with van der Waals surface area (Å²) in [4.78, 5) is 27.5. The lowest BCUT2D eigenvalue weighted by Gasteiger charge is -2.17. The number of aryl methyl sites for hydroxylation is 1. The van der Waals surface area contributed by atoms with Crippen LogP contribution in [-0.4, -0.2) is 39.4 Å². The number of aromatic nitrogens is 4. The van der Waals surface area contributed by atoms with Crippen LogP contribution in [0.4, 0.5) is 19.1 Å². The molecule has 3 aromatic heterocycles. The van der Waals surface area contributed by atoms with Crippen LogP contribution in [-0.2, 0) is 0 Å². The van der Waals surface area contributed by atoms with Crippen molar-refractivity contribution in [1.82, 2.24) is 19.9 Å². The number of nitrogens with two attached hydrogens (primary N) is 1. The van der Waals surface area contributed by atoms with E-state index in [4.69, 9.17) is 15.2 Å². The molecule has 0 amide bonds. The molecule has 2 N–H and O–H groups in total. The van der Waals surface area contributed by atoms with Gasteiger partial charge in [-0.1, -0.05) is 0 Å². The molecule has 0 aliphatic rings. The zero-order valence-electron chi connectivity index (χ0n) is 19.0. The summed E-state index contributed by atoms with van der Waals surface area (Å²) in [6, 6.07) is 11.4. The minimum Gasteiger partial charge on any atom is -0.474 e. The molecule has 0 unspecified atom stereocenters. The van der Waals surface area contributed by atoms with Crippen molar-refractivity contribution >= 4 is 12.2 Å². The molecule has 0 radical (unpaired) electrons. The van der Waals surface area contributed by atoms with E-state index in [9.17, 15) is 18.0 Å². The average molecular weight is 495 g/mol. The standard InChI is InChI=1S/C25H20F3N5O3/c1-14-11-17(12-19(31-14)22(27)28)20-21(15-4-6-18(26)7-5-15)32-25(29)33-24(20)36-10-9-35-23-16(13-34)3-2-8-30-23/h2-8,11-13,22H,9-10H2,1H3,(H2,29,32,33). The Kier molecular flexibility index (Phi) is 7.38. The van der Waals surface area contributed by atoms with E-state index in [1.165, 1.54) is 36.5 Å². The van der Waals surface area contributed by atoms with Gasteiger partial charge in [0.2, 0.25) is 17.7 Å². The van der Waals surface area contributed by atoms with Crippen LogP contribution in [0.1, 0.15) is 28.2 Å². The number of anilines is 1. The van der Waals surface area contributed by atoms with Crippen molar-refractivity contribution in [2.24, 2.45) is 0 Å². The number of carbonyl (C=O) groups is 1. The summed E-state index contributed by atoms with van der Waals surface area (Å²) in [5, 5.41) is 0. The van der Waals surface area contributed by atoms with Crippen LogP contribution in [0.25, 0.3) is 22.4 Å². The Morgan fingerprint density at radius 3 is 2.39 bits per heavy atom. The molecule has 36 heavy (non-hydrogen) atoms. The van der Waals surface area contributed by atoms with Gasteiger partial charge < -0.3 is 15.2 Å². The van der Waals surface area contributed by atoms with Gasteiger partial charge >= 0.3 is 0 Å². The van der Waals surface area contributed by atoms with Gasteiger partial charge in [0.05, 0.1) is 16.8 Å². The fraction of sp³-hybridized carbons (Fsp3) is 0.160. The lowest BCUT2D eigenvalue weighted by atomic mass is 9.99. The molecule has 184 valence electrons. The molecular weight excluding hydrogens is 475 g/mol. The number of alkyl halides is 2. The van der Waals surface area contributed by atoms with Crippen molar-refractivity contribution in [2.75, 3.05) is 18.9 Å². The van der Waals surface area contributed by atoms with E-state index in [0.717, 1.165) is 0 Å². The molecule has 0 spiro atoms. The minimum atomic E-state index is -2.81. The van der Waals surface area contributed by atoms with Crippen LogP contribution in [0.3, 0.4) is 0 Å². The molecule has 4 aromatic rings. The molecule has 1 aromatic carbocycles. The second-order valence-corrected chi connectivity index (χ2v) is 7.55. The van der Waals surface area contributed by atoms with Gasteiger partial charge in [-0.3, -0.25) is 9.78 Å². The second-order valence-electron chi connectivity index (χ2n) is 7.55. The Bertz CT molecular complexity index is 1380. The highest BCUT2D eigenvalue weighted by molar-refractivity contribution is 5.85. The summed E-state index contributed by atoms with van der Waals surface area (Å²) in [6.07, 6.45) is -0.711. The molecule has 0 saturated heterocycles. The van der Waals surface area contributed by atoms with E-state index in [2.05, 4.69) is 19.9 Å². The summed E-state index contributed by atoms with van der Waals surface area (Å²) < 4.78 is 52.0. The normalized spacial score (nSPS) is 10.9. The first-order valence-electron chi connectivity index (χ1n) is 10.7. The van der Waals surface area contributed by atoms with E-state index >= 15 is 0 Å². The minimum absolute atomic E-state index is 0.00729. The topological polar surface area (TPSA) is 113 Å². The first-order chi connectivity index (χ1) is 17.4. The number of nitrogen functional groups attached to an aromatic ring is 1. The maximum Gasteiger partial charge on any atom is 0.280 e. The first kappa shape index (κ1) is 24.6. The Morgan fingerprint density at radius 1 is 0.972 bits per heavy atom. The SMILES string of the molecule is Cc1cc(-c2c(OCCOc3ncccc3C=O)nc(N)nc2-c2ccc(F)cc2)cc(C(F)F)n1. The fourth-order valence-electron chi connectivity index (χ4n) is 3.48. The maximum absolute atomic E-state index is 13.6. The monoisotopic (exact) mass is 495 g/mol. The summed E-state index contributed by atoms with van der Waals surface area (Å²) in [5.41, 5.74) is 7.44. The number of hydrogen-bond donors (Lipinski definition) is 1. The zero-order chi connectivity index (χ0) is 25.7. The smallest absolute Gasteiger partial charge is 0.280 e. The van der Waals surface area contributed by atoms with Gasteiger partial charge in [0.1, 0.15) is 24.7 Å². The molecule has 0 fully saturated rings. The molecule has 0 aliphatic heterocycles. The van der Waals surface area contributed by atoms with E-state index in [-0.39, 0.29) is 47.7 Å². The molecular formula is C25H20F3N5O3. The number of aldehydes is 1. The lowest BCUT2D eigenvalue weighted by Crippen LogP contribution is -2.13. The average Bonchev–Trinajstić information content (AvgIpc) is 2.86. The molecule has 3 heterocycles. The number of hydrogen-bond acceptors (Lipinski definition) is 8. The molecule has 11 heteroatoms. The number of nitrogens with zero attached hydrogens (tertiary/aromatic N) is 4. The molecule has 4 rings (SSSR count). The lowest BCUT2D eigenvalue weighted by molar-refractivity contribution is 0.111. The van der Waals surface area contributed by atoms with E-state index in [1.54, 1.807) is 25.1 Å². The van der Waals surface area contributed by atoms with Gasteiger partial charge in [0, 0.05) is 17.5 Å². The number of benzene rings is 1. The highest BCUT2D eigenvalue weighted by Crippen LogP contribution is 2.39. The van der Waals surface area contributed by atoms with Crippen LogP contribution < -0.4 is 15.2 Å². The number of carbonyl (C=O) groups excluding carboxylic acids is 1. The van der Waals surface area contributed by atoms with Gasteiger partial charge in [0.15, 0.2) is 6.29 Å². The third-order valence-corrected chi connectivity index (χ3v) is 4.98. The largest absolute Gasteiger partial charge is 0.474 e. The van der Waals surface area contributed by atoms with Crippen LogP contribution in [0.15, 0.2) is 54.7 Å². The third kappa shape index (κ3) is 5.57. The predicted octanol–water partition coefficient (Wildman–Crippen LogP) is 4.84. The van der Waals surface area contributed by atoms with Crippen molar-refractivity contribution in [1.29, 1.82) is 0 Å². The Balaban J connectivity index is 1.73. The van der Waals surface area contributed by atoms with Gasteiger partial charge in [0.25, 0.3) is 6.43 Å². The summed E-state index contributed by atoms with van der Waals surface area (Å²) in [5.74, 6) is -0.452. The fourth-order valence-corrected chi connectivity index (χ4v) is 3.48. The van der Waals surface area contributed by atoms with E-state index in [0.29, 0.717) is 23.1 Å². The Labute approximate surface area is 204 Å². The summed E-state index contributed by atoms with van der Waals surface area (Å²) in [6.45, 7) is 1.52. The molecule has 0 atom stereocenters. The second kappa shape index (κ2) is 10.8. The summed E-state index contributed by atoms with van der Waals surface area (Å²) >= 11 is 0. The number of pyridine rings is 2. The van der Waals surface area contributed by atoms with Crippen molar-refractivity contribution in [3.8, 4) is 34.1 Å². The Hall–Kier alpha value is -4.54. The molecule has 0 aliphatic carbocycles. The van der Waals surface area contributed by atoms with Crippen LogP contribution >= 0.6 is 0 Å². The quantitative estimate of drug-likeness (QED) is 0.259. The molecule has 0 bridgehead atoms. The van der Waals surface area contributed by atoms with Crippen LogP contribution in [0.2, 0.25) is 0 Å². The van der Waals surface area contributed by atoms with Crippen molar-refractivity contribution in [3.63, 3.8) is 0 Å².